The molecule has 0 aliphatic carbocycles. The first-order valence-electron chi connectivity index (χ1n) is 5.97. The molecule has 1 aromatic heterocycles. The molecule has 0 unspecified atom stereocenters. The summed E-state index contributed by atoms with van der Waals surface area (Å²) in [5.74, 6) is 0.0190. The summed E-state index contributed by atoms with van der Waals surface area (Å²) in [6.45, 7) is 2.33. The van der Waals surface area contributed by atoms with Crippen molar-refractivity contribution in [2.75, 3.05) is 11.9 Å². The maximum Gasteiger partial charge on any atom is 0.275 e. The first kappa shape index (κ1) is 15.1. The second-order valence-electron chi connectivity index (χ2n) is 3.85. The molecular weight excluding hydrogens is 391 g/mol. The SMILES string of the molecule is CCOc1ccc(Cl)c(C(=O)Nc2ccccc2I)n1. The molecule has 0 bridgehead atoms. The van der Waals surface area contributed by atoms with Crippen molar-refractivity contribution in [1.82, 2.24) is 4.98 Å². The van der Waals surface area contributed by atoms with Crippen LogP contribution < -0.4 is 10.1 Å². The Balaban J connectivity index is 2.25. The average Bonchev–Trinajstić information content (AvgIpc) is 2.43. The van der Waals surface area contributed by atoms with Gasteiger partial charge in [0.2, 0.25) is 5.88 Å². The van der Waals surface area contributed by atoms with Crippen LogP contribution in [0.1, 0.15) is 17.4 Å². The number of nitrogens with one attached hydrogen (secondary N) is 1. The number of rotatable bonds is 4. The molecule has 20 heavy (non-hydrogen) atoms. The first-order chi connectivity index (χ1) is 9.61. The van der Waals surface area contributed by atoms with E-state index in [4.69, 9.17) is 16.3 Å². The summed E-state index contributed by atoms with van der Waals surface area (Å²) in [6, 6.07) is 10.7. The number of carbonyl (C=O) groups is 1. The molecule has 0 radical (unpaired) electrons. The number of nitrogens with zero attached hydrogens (tertiary/aromatic N) is 1. The van der Waals surface area contributed by atoms with Gasteiger partial charge in [-0.15, -0.1) is 0 Å². The van der Waals surface area contributed by atoms with E-state index in [1.807, 2.05) is 31.2 Å². The molecule has 104 valence electrons. The zero-order valence-corrected chi connectivity index (χ0v) is 13.6. The molecule has 2 aromatic rings. The number of hydrogen-bond acceptors (Lipinski definition) is 3. The van der Waals surface area contributed by atoms with Crippen molar-refractivity contribution >= 4 is 45.8 Å². The number of amides is 1. The Hall–Kier alpha value is -1.34. The van der Waals surface area contributed by atoms with Crippen LogP contribution in [-0.2, 0) is 0 Å². The molecule has 1 aromatic carbocycles. The Morgan fingerprint density at radius 2 is 2.10 bits per heavy atom. The predicted octanol–water partition coefficient (Wildman–Crippen LogP) is 3.99. The average molecular weight is 403 g/mol. The molecule has 1 N–H and O–H groups in total. The van der Waals surface area contributed by atoms with Crippen LogP contribution in [0, 0.1) is 3.57 Å². The molecule has 2 rings (SSSR count). The van der Waals surface area contributed by atoms with E-state index in [1.165, 1.54) is 0 Å². The third-order valence-corrected chi connectivity index (χ3v) is 3.70. The highest BCUT2D eigenvalue weighted by molar-refractivity contribution is 14.1. The quantitative estimate of drug-likeness (QED) is 0.787. The fourth-order valence-corrected chi connectivity index (χ4v) is 2.27. The molecule has 0 atom stereocenters. The van der Waals surface area contributed by atoms with Crippen molar-refractivity contribution in [3.05, 3.63) is 50.7 Å². The van der Waals surface area contributed by atoms with Crippen LogP contribution in [0.25, 0.3) is 0 Å². The van der Waals surface area contributed by atoms with Gasteiger partial charge >= 0.3 is 0 Å². The van der Waals surface area contributed by atoms with Gasteiger partial charge in [-0.25, -0.2) is 4.98 Å². The monoisotopic (exact) mass is 402 g/mol. The standard InChI is InChI=1S/C14H12ClIN2O2/c1-2-20-12-8-7-9(15)13(18-12)14(19)17-11-6-4-3-5-10(11)16/h3-8H,2H2,1H3,(H,17,19). The van der Waals surface area contributed by atoms with Crippen LogP contribution in [0.15, 0.2) is 36.4 Å². The largest absolute Gasteiger partial charge is 0.478 e. The van der Waals surface area contributed by atoms with Crippen molar-refractivity contribution in [1.29, 1.82) is 0 Å². The summed E-state index contributed by atoms with van der Waals surface area (Å²) in [6.07, 6.45) is 0. The lowest BCUT2D eigenvalue weighted by molar-refractivity contribution is 0.102. The van der Waals surface area contributed by atoms with Crippen LogP contribution in [-0.4, -0.2) is 17.5 Å². The Kier molecular flexibility index (Phi) is 5.19. The highest BCUT2D eigenvalue weighted by Crippen LogP contribution is 2.21. The smallest absolute Gasteiger partial charge is 0.275 e. The van der Waals surface area contributed by atoms with Gasteiger partial charge in [-0.1, -0.05) is 23.7 Å². The van der Waals surface area contributed by atoms with Crippen LogP contribution >= 0.6 is 34.2 Å². The normalized spacial score (nSPS) is 10.2. The Bertz CT molecular complexity index is 634. The molecule has 0 saturated carbocycles. The summed E-state index contributed by atoms with van der Waals surface area (Å²) < 4.78 is 6.21. The van der Waals surface area contributed by atoms with Gasteiger partial charge in [0.05, 0.1) is 17.3 Å². The molecule has 0 saturated heterocycles. The van der Waals surface area contributed by atoms with Gasteiger partial charge in [0, 0.05) is 9.64 Å². The number of anilines is 1. The number of aromatic nitrogens is 1. The Labute approximate surface area is 135 Å². The van der Waals surface area contributed by atoms with E-state index in [0.29, 0.717) is 12.5 Å². The van der Waals surface area contributed by atoms with Crippen molar-refractivity contribution in [2.45, 2.75) is 6.92 Å². The van der Waals surface area contributed by atoms with Crippen molar-refractivity contribution in [2.24, 2.45) is 0 Å². The van der Waals surface area contributed by atoms with E-state index in [2.05, 4.69) is 32.9 Å². The van der Waals surface area contributed by atoms with Gasteiger partial charge in [-0.3, -0.25) is 4.79 Å². The number of ether oxygens (including phenoxy) is 1. The maximum atomic E-state index is 12.2. The maximum absolute atomic E-state index is 12.2. The summed E-state index contributed by atoms with van der Waals surface area (Å²) in [4.78, 5) is 16.3. The van der Waals surface area contributed by atoms with E-state index >= 15 is 0 Å². The zero-order chi connectivity index (χ0) is 14.5. The number of pyridine rings is 1. The second kappa shape index (κ2) is 6.90. The van der Waals surface area contributed by atoms with Crippen LogP contribution in [0.5, 0.6) is 5.88 Å². The molecule has 1 heterocycles. The van der Waals surface area contributed by atoms with Crippen molar-refractivity contribution in [3.8, 4) is 5.88 Å². The minimum Gasteiger partial charge on any atom is -0.478 e. The number of hydrogen-bond donors (Lipinski definition) is 1. The molecule has 1 amide bonds. The van der Waals surface area contributed by atoms with Gasteiger partial charge in [0.25, 0.3) is 5.91 Å². The number of benzene rings is 1. The van der Waals surface area contributed by atoms with E-state index < -0.39 is 0 Å². The summed E-state index contributed by atoms with van der Waals surface area (Å²) in [5.41, 5.74) is 0.870. The summed E-state index contributed by atoms with van der Waals surface area (Å²) in [5, 5.41) is 3.08. The van der Waals surface area contributed by atoms with E-state index in [-0.39, 0.29) is 16.6 Å². The third-order valence-electron chi connectivity index (χ3n) is 2.45. The lowest BCUT2D eigenvalue weighted by Crippen LogP contribution is -2.15. The minimum atomic E-state index is -0.360. The van der Waals surface area contributed by atoms with Gasteiger partial charge in [-0.2, -0.15) is 0 Å². The second-order valence-corrected chi connectivity index (χ2v) is 5.42. The van der Waals surface area contributed by atoms with E-state index in [0.717, 1.165) is 9.26 Å². The fraction of sp³-hybridized carbons (Fsp3) is 0.143. The molecule has 6 heteroatoms. The number of halogens is 2. The summed E-state index contributed by atoms with van der Waals surface area (Å²) in [7, 11) is 0. The van der Waals surface area contributed by atoms with Gasteiger partial charge in [0.15, 0.2) is 5.69 Å². The molecular formula is C14H12ClIN2O2. The summed E-state index contributed by atoms with van der Waals surface area (Å²) >= 11 is 8.17. The molecule has 0 spiro atoms. The lowest BCUT2D eigenvalue weighted by atomic mass is 10.3. The Morgan fingerprint density at radius 1 is 1.35 bits per heavy atom. The third kappa shape index (κ3) is 3.61. The predicted molar refractivity (Wildman–Crippen MR) is 87.5 cm³/mol. The first-order valence-corrected chi connectivity index (χ1v) is 7.42. The Morgan fingerprint density at radius 3 is 2.80 bits per heavy atom. The van der Waals surface area contributed by atoms with Gasteiger partial charge in [-0.05, 0) is 47.7 Å². The highest BCUT2D eigenvalue weighted by Gasteiger charge is 2.15. The van der Waals surface area contributed by atoms with Crippen molar-refractivity contribution in [3.63, 3.8) is 0 Å². The van der Waals surface area contributed by atoms with E-state index in [1.54, 1.807) is 12.1 Å². The topological polar surface area (TPSA) is 51.2 Å². The van der Waals surface area contributed by atoms with E-state index in [9.17, 15) is 4.79 Å². The zero-order valence-electron chi connectivity index (χ0n) is 10.7. The lowest BCUT2D eigenvalue weighted by Gasteiger charge is -2.09. The fourth-order valence-electron chi connectivity index (χ4n) is 1.56. The molecule has 0 aliphatic rings. The van der Waals surface area contributed by atoms with Crippen LogP contribution in [0.2, 0.25) is 5.02 Å². The van der Waals surface area contributed by atoms with Crippen LogP contribution in [0.3, 0.4) is 0 Å². The number of carbonyl (C=O) groups excluding carboxylic acids is 1. The minimum absolute atomic E-state index is 0.150. The van der Waals surface area contributed by atoms with Gasteiger partial charge < -0.3 is 10.1 Å². The van der Waals surface area contributed by atoms with Crippen LogP contribution in [0.4, 0.5) is 5.69 Å². The molecule has 0 fully saturated rings. The van der Waals surface area contributed by atoms with Gasteiger partial charge in [0.1, 0.15) is 0 Å². The molecule has 0 aliphatic heterocycles. The number of para-hydroxylation sites is 1. The molecule has 4 nitrogen and oxygen atoms in total. The van der Waals surface area contributed by atoms with Crippen molar-refractivity contribution < 1.29 is 9.53 Å². The highest BCUT2D eigenvalue weighted by atomic mass is 127.